The Kier molecular flexibility index (Phi) is 6.95. The summed E-state index contributed by atoms with van der Waals surface area (Å²) in [6, 6.07) is 9.33. The number of aliphatic carboxylic acids is 1. The second-order valence-electron chi connectivity index (χ2n) is 8.55. The summed E-state index contributed by atoms with van der Waals surface area (Å²) in [4.78, 5) is 29.0. The molecule has 0 bridgehead atoms. The zero-order valence-corrected chi connectivity index (χ0v) is 18.6. The molecule has 11 heteroatoms. The number of amides is 1. The van der Waals surface area contributed by atoms with Gasteiger partial charge in [0.15, 0.2) is 0 Å². The van der Waals surface area contributed by atoms with E-state index in [1.165, 1.54) is 25.3 Å². The Labute approximate surface area is 197 Å². The fourth-order valence-corrected chi connectivity index (χ4v) is 4.38. The van der Waals surface area contributed by atoms with Crippen LogP contribution in [0.1, 0.15) is 48.2 Å². The third-order valence-corrected chi connectivity index (χ3v) is 6.08. The van der Waals surface area contributed by atoms with Crippen molar-refractivity contribution in [2.75, 3.05) is 11.9 Å². The quantitative estimate of drug-likeness (QED) is 0.384. The number of nitrogens with zero attached hydrogens (tertiary/aromatic N) is 1. The maximum absolute atomic E-state index is 14.9. The van der Waals surface area contributed by atoms with Crippen LogP contribution in [-0.4, -0.2) is 45.7 Å². The molecule has 0 atom stereocenters. The molecule has 5 rings (SSSR count). The molecule has 35 heavy (non-hydrogen) atoms. The summed E-state index contributed by atoms with van der Waals surface area (Å²) >= 11 is 0. The number of halogens is 4. The van der Waals surface area contributed by atoms with Crippen LogP contribution in [-0.2, 0) is 11.2 Å². The summed E-state index contributed by atoms with van der Waals surface area (Å²) in [6.45, 7) is 0.595. The summed E-state index contributed by atoms with van der Waals surface area (Å²) in [5, 5.41) is 14.4. The number of carboxylic acid groups (broad SMARTS) is 1. The minimum absolute atomic E-state index is 0.114. The molecule has 1 aromatic carbocycles. The fraction of sp³-hybridized carbons (Fsp3) is 0.375. The van der Waals surface area contributed by atoms with Crippen molar-refractivity contribution in [2.45, 2.75) is 50.7 Å². The van der Waals surface area contributed by atoms with Crippen molar-refractivity contribution in [1.82, 2.24) is 15.3 Å². The van der Waals surface area contributed by atoms with Crippen molar-refractivity contribution in [3.8, 4) is 11.3 Å². The lowest BCUT2D eigenvalue weighted by Crippen LogP contribution is -2.31. The highest BCUT2D eigenvalue weighted by Gasteiger charge is 2.38. The van der Waals surface area contributed by atoms with Crippen LogP contribution in [0.2, 0.25) is 0 Å². The van der Waals surface area contributed by atoms with Crippen LogP contribution in [0.3, 0.4) is 0 Å². The second-order valence-corrected chi connectivity index (χ2v) is 8.55. The van der Waals surface area contributed by atoms with Gasteiger partial charge < -0.3 is 20.7 Å². The molecule has 186 valence electrons. The zero-order valence-electron chi connectivity index (χ0n) is 18.6. The minimum Gasteiger partial charge on any atom is -0.475 e. The highest BCUT2D eigenvalue weighted by molar-refractivity contribution is 6.00. The van der Waals surface area contributed by atoms with Gasteiger partial charge in [-0.3, -0.25) is 4.79 Å². The molecule has 1 saturated carbocycles. The minimum atomic E-state index is -5.08. The number of aromatic nitrogens is 2. The molecule has 0 spiro atoms. The third kappa shape index (κ3) is 5.55. The lowest BCUT2D eigenvalue weighted by molar-refractivity contribution is -0.192. The Morgan fingerprint density at radius 1 is 1.11 bits per heavy atom. The standard InChI is InChI=1S/C22H23FN4O.C2HF3O2/c23-16-8-6-13-7-9-19(25-14-4-2-1-3-5-14)27-21(13)20(16)18-12-15-17(26-18)10-11-24-22(15)28;3-2(4,5)1(6)7/h6-9,12,14,26H,1-5,10-11H2,(H,24,28)(H,25,27);(H,6,7). The summed E-state index contributed by atoms with van der Waals surface area (Å²) in [5.41, 5.74) is 3.08. The van der Waals surface area contributed by atoms with Gasteiger partial charge in [0.25, 0.3) is 5.91 Å². The molecule has 2 aliphatic rings. The molecule has 3 aromatic rings. The van der Waals surface area contributed by atoms with Gasteiger partial charge in [-0.2, -0.15) is 13.2 Å². The average Bonchev–Trinajstić information content (AvgIpc) is 3.24. The molecule has 4 N–H and O–H groups in total. The number of aromatic amines is 1. The van der Waals surface area contributed by atoms with E-state index in [1.54, 1.807) is 12.1 Å². The maximum atomic E-state index is 14.9. The van der Waals surface area contributed by atoms with E-state index in [2.05, 4.69) is 15.6 Å². The lowest BCUT2D eigenvalue weighted by atomic mass is 9.95. The third-order valence-electron chi connectivity index (χ3n) is 6.08. The molecule has 2 aromatic heterocycles. The Morgan fingerprint density at radius 3 is 2.46 bits per heavy atom. The first-order chi connectivity index (χ1) is 16.6. The molecule has 0 unspecified atom stereocenters. The monoisotopic (exact) mass is 492 g/mol. The lowest BCUT2D eigenvalue weighted by Gasteiger charge is -2.23. The van der Waals surface area contributed by atoms with Crippen LogP contribution in [0, 0.1) is 5.82 Å². The fourth-order valence-electron chi connectivity index (χ4n) is 4.38. The Balaban J connectivity index is 0.000000364. The number of carboxylic acids is 1. The number of carbonyl (C=O) groups is 2. The van der Waals surface area contributed by atoms with E-state index in [-0.39, 0.29) is 11.7 Å². The van der Waals surface area contributed by atoms with Crippen LogP contribution in [0.5, 0.6) is 0 Å². The van der Waals surface area contributed by atoms with Gasteiger partial charge in [0.1, 0.15) is 11.6 Å². The number of anilines is 1. The SMILES string of the molecule is O=C(O)C(F)(F)F.O=C1NCCc2[nH]c(-c3c(F)ccc4ccc(NC5CCCCC5)nc34)cc21. The van der Waals surface area contributed by atoms with Crippen LogP contribution < -0.4 is 10.6 Å². The first-order valence-electron chi connectivity index (χ1n) is 11.3. The van der Waals surface area contributed by atoms with Gasteiger partial charge in [0.05, 0.1) is 22.3 Å². The number of H-pyrrole nitrogens is 1. The van der Waals surface area contributed by atoms with Gasteiger partial charge in [-0.15, -0.1) is 0 Å². The summed E-state index contributed by atoms with van der Waals surface area (Å²) in [5.74, 6) is -2.43. The molecule has 1 aliphatic heterocycles. The first-order valence-corrected chi connectivity index (χ1v) is 11.3. The summed E-state index contributed by atoms with van der Waals surface area (Å²) in [7, 11) is 0. The Hall–Kier alpha value is -3.63. The number of pyridine rings is 1. The predicted molar refractivity (Wildman–Crippen MR) is 122 cm³/mol. The number of hydrogen-bond acceptors (Lipinski definition) is 4. The van der Waals surface area contributed by atoms with Crippen molar-refractivity contribution in [3.05, 3.63) is 47.4 Å². The van der Waals surface area contributed by atoms with Crippen molar-refractivity contribution in [3.63, 3.8) is 0 Å². The van der Waals surface area contributed by atoms with Crippen LogP contribution in [0.25, 0.3) is 22.2 Å². The van der Waals surface area contributed by atoms with E-state index in [0.29, 0.717) is 34.9 Å². The molecule has 7 nitrogen and oxygen atoms in total. The number of benzene rings is 1. The van der Waals surface area contributed by atoms with E-state index < -0.39 is 12.1 Å². The molecule has 1 amide bonds. The number of rotatable bonds is 3. The second kappa shape index (κ2) is 9.93. The molecule has 3 heterocycles. The van der Waals surface area contributed by atoms with Gasteiger partial charge in [-0.1, -0.05) is 19.3 Å². The number of nitrogens with one attached hydrogen (secondary N) is 3. The van der Waals surface area contributed by atoms with Gasteiger partial charge in [-0.25, -0.2) is 14.2 Å². The highest BCUT2D eigenvalue weighted by atomic mass is 19.4. The van der Waals surface area contributed by atoms with Gasteiger partial charge >= 0.3 is 12.1 Å². The molecule has 1 aliphatic carbocycles. The van der Waals surface area contributed by atoms with Crippen molar-refractivity contribution in [2.24, 2.45) is 0 Å². The number of fused-ring (bicyclic) bond motifs is 2. The van der Waals surface area contributed by atoms with Crippen LogP contribution in [0.15, 0.2) is 30.3 Å². The van der Waals surface area contributed by atoms with E-state index in [9.17, 15) is 22.4 Å². The number of alkyl halides is 3. The molecular weight excluding hydrogens is 468 g/mol. The Morgan fingerprint density at radius 2 is 1.80 bits per heavy atom. The van der Waals surface area contributed by atoms with Crippen LogP contribution in [0.4, 0.5) is 23.4 Å². The van der Waals surface area contributed by atoms with Crippen molar-refractivity contribution >= 4 is 28.6 Å². The van der Waals surface area contributed by atoms with Crippen molar-refractivity contribution < 1.29 is 32.3 Å². The molecule has 1 fully saturated rings. The Bertz CT molecular complexity index is 1250. The number of carbonyl (C=O) groups excluding carboxylic acids is 1. The molecule has 0 radical (unpaired) electrons. The van der Waals surface area contributed by atoms with E-state index in [1.807, 2.05) is 12.1 Å². The van der Waals surface area contributed by atoms with E-state index in [0.717, 1.165) is 36.2 Å². The number of hydrogen-bond donors (Lipinski definition) is 4. The average molecular weight is 492 g/mol. The zero-order chi connectivity index (χ0) is 25.2. The molecule has 0 saturated heterocycles. The first kappa shape index (κ1) is 24.5. The summed E-state index contributed by atoms with van der Waals surface area (Å²) in [6.07, 6.45) is 1.70. The van der Waals surface area contributed by atoms with Gasteiger partial charge in [0.2, 0.25) is 0 Å². The topological polar surface area (TPSA) is 107 Å². The van der Waals surface area contributed by atoms with E-state index >= 15 is 0 Å². The van der Waals surface area contributed by atoms with Gasteiger partial charge in [-0.05, 0) is 43.2 Å². The highest BCUT2D eigenvalue weighted by Crippen LogP contribution is 2.33. The van der Waals surface area contributed by atoms with Gasteiger partial charge in [0, 0.05) is 30.1 Å². The normalized spacial score (nSPS) is 16.2. The maximum Gasteiger partial charge on any atom is 0.490 e. The van der Waals surface area contributed by atoms with Crippen LogP contribution >= 0.6 is 0 Å². The predicted octanol–water partition coefficient (Wildman–Crippen LogP) is 5.03. The smallest absolute Gasteiger partial charge is 0.475 e. The molecular formula is C24H24F4N4O3. The van der Waals surface area contributed by atoms with E-state index in [4.69, 9.17) is 14.9 Å². The van der Waals surface area contributed by atoms with Crippen molar-refractivity contribution in [1.29, 1.82) is 0 Å². The largest absolute Gasteiger partial charge is 0.490 e. The summed E-state index contributed by atoms with van der Waals surface area (Å²) < 4.78 is 46.6.